The van der Waals surface area contributed by atoms with Gasteiger partial charge in [-0.05, 0) is 56.4 Å². The molecule has 150 valence electrons. The highest BCUT2D eigenvalue weighted by Gasteiger charge is 2.29. The van der Waals surface area contributed by atoms with Gasteiger partial charge in [0.2, 0.25) is 10.0 Å². The first-order chi connectivity index (χ1) is 13.4. The number of nitrogens with one attached hydrogen (secondary N) is 1. The second-order valence-electron chi connectivity index (χ2n) is 7.10. The Morgan fingerprint density at radius 2 is 1.79 bits per heavy atom. The molecule has 1 N–H and O–H groups in total. The third kappa shape index (κ3) is 4.93. The third-order valence-electron chi connectivity index (χ3n) is 4.92. The molecule has 0 spiro atoms. The van der Waals surface area contributed by atoms with Gasteiger partial charge in [-0.15, -0.1) is 0 Å². The summed E-state index contributed by atoms with van der Waals surface area (Å²) in [6.07, 6.45) is 3.37. The van der Waals surface area contributed by atoms with Crippen molar-refractivity contribution in [2.24, 2.45) is 0 Å². The van der Waals surface area contributed by atoms with Crippen molar-refractivity contribution in [3.8, 4) is 0 Å². The molecule has 0 unspecified atom stereocenters. The number of rotatable bonds is 7. The molecule has 28 heavy (non-hydrogen) atoms. The van der Waals surface area contributed by atoms with Crippen molar-refractivity contribution in [3.63, 3.8) is 0 Å². The number of amides is 1. The van der Waals surface area contributed by atoms with Crippen molar-refractivity contribution in [3.05, 3.63) is 64.2 Å². The molecule has 2 aromatic carbocycles. The lowest BCUT2D eigenvalue weighted by molar-refractivity contribution is 0.0953. The van der Waals surface area contributed by atoms with E-state index in [0.717, 1.165) is 25.7 Å². The van der Waals surface area contributed by atoms with Gasteiger partial charge in [-0.1, -0.05) is 41.4 Å². The van der Waals surface area contributed by atoms with Crippen molar-refractivity contribution in [2.45, 2.75) is 37.5 Å². The molecule has 1 fully saturated rings. The predicted molar refractivity (Wildman–Crippen MR) is 111 cm³/mol. The average Bonchev–Trinajstić information content (AvgIpc) is 3.22. The standard InChI is InChI=1S/C21H25ClN2O3S/c1-16-6-8-17(9-7-16)5-4-12-23-21(25)18-10-11-19(22)20(15-18)28(26,27)24-13-2-3-14-24/h6-11,15H,2-5,12-14H2,1H3,(H,23,25). The van der Waals surface area contributed by atoms with E-state index >= 15 is 0 Å². The Hall–Kier alpha value is -1.89. The summed E-state index contributed by atoms with van der Waals surface area (Å²) < 4.78 is 27.0. The van der Waals surface area contributed by atoms with Crippen LogP contribution in [0.5, 0.6) is 0 Å². The lowest BCUT2D eigenvalue weighted by Gasteiger charge is -2.17. The zero-order valence-corrected chi connectivity index (χ0v) is 17.5. The van der Waals surface area contributed by atoms with Gasteiger partial charge in [-0.2, -0.15) is 4.31 Å². The van der Waals surface area contributed by atoms with E-state index in [0.29, 0.717) is 25.2 Å². The quantitative estimate of drug-likeness (QED) is 0.693. The van der Waals surface area contributed by atoms with Gasteiger partial charge in [-0.25, -0.2) is 8.42 Å². The average molecular weight is 421 g/mol. The van der Waals surface area contributed by atoms with Crippen molar-refractivity contribution in [2.75, 3.05) is 19.6 Å². The molecular formula is C21H25ClN2O3S. The summed E-state index contributed by atoms with van der Waals surface area (Å²) in [5, 5.41) is 3.00. The summed E-state index contributed by atoms with van der Waals surface area (Å²) in [4.78, 5) is 12.5. The first kappa shape index (κ1) is 20.8. The molecular weight excluding hydrogens is 396 g/mol. The van der Waals surface area contributed by atoms with Crippen LogP contribution in [-0.4, -0.2) is 38.3 Å². The van der Waals surface area contributed by atoms with Crippen LogP contribution < -0.4 is 5.32 Å². The number of carbonyl (C=O) groups excluding carboxylic acids is 1. The highest BCUT2D eigenvalue weighted by atomic mass is 35.5. The molecule has 1 aliphatic heterocycles. The molecule has 0 atom stereocenters. The van der Waals surface area contributed by atoms with Gasteiger partial charge in [-0.3, -0.25) is 4.79 Å². The molecule has 7 heteroatoms. The molecule has 5 nitrogen and oxygen atoms in total. The minimum atomic E-state index is -3.67. The van der Waals surface area contributed by atoms with Crippen LogP contribution in [0.4, 0.5) is 0 Å². The SMILES string of the molecule is Cc1ccc(CCCNC(=O)c2ccc(Cl)c(S(=O)(=O)N3CCCC3)c2)cc1. The van der Waals surface area contributed by atoms with E-state index in [1.54, 1.807) is 6.07 Å². The number of benzene rings is 2. The lowest BCUT2D eigenvalue weighted by Crippen LogP contribution is -2.29. The zero-order chi connectivity index (χ0) is 20.1. The molecule has 0 aliphatic carbocycles. The maximum absolute atomic E-state index is 12.8. The van der Waals surface area contributed by atoms with Gasteiger partial charge in [0.25, 0.3) is 5.91 Å². The first-order valence-electron chi connectivity index (χ1n) is 9.51. The Morgan fingerprint density at radius 3 is 2.46 bits per heavy atom. The summed E-state index contributed by atoms with van der Waals surface area (Å²) in [7, 11) is -3.67. The maximum Gasteiger partial charge on any atom is 0.251 e. The minimum absolute atomic E-state index is 0.00312. The van der Waals surface area contributed by atoms with Crippen LogP contribution in [0.1, 0.15) is 40.7 Å². The normalized spacial score (nSPS) is 14.9. The van der Waals surface area contributed by atoms with E-state index in [-0.39, 0.29) is 15.8 Å². The molecule has 0 bridgehead atoms. The number of halogens is 1. The van der Waals surface area contributed by atoms with Gasteiger partial charge in [0.15, 0.2) is 0 Å². The Kier molecular flexibility index (Phi) is 6.75. The van der Waals surface area contributed by atoms with Crippen LogP contribution >= 0.6 is 11.6 Å². The van der Waals surface area contributed by atoms with Crippen LogP contribution in [-0.2, 0) is 16.4 Å². The maximum atomic E-state index is 12.8. The topological polar surface area (TPSA) is 66.5 Å². The van der Waals surface area contributed by atoms with Gasteiger partial charge in [0.05, 0.1) is 5.02 Å². The third-order valence-corrected chi connectivity index (χ3v) is 7.30. The Labute approximate surface area is 171 Å². The van der Waals surface area contributed by atoms with E-state index in [4.69, 9.17) is 11.6 Å². The molecule has 2 aromatic rings. The lowest BCUT2D eigenvalue weighted by atomic mass is 10.1. The van der Waals surface area contributed by atoms with E-state index in [9.17, 15) is 13.2 Å². The fourth-order valence-electron chi connectivity index (χ4n) is 3.26. The number of hydrogen-bond donors (Lipinski definition) is 1. The van der Waals surface area contributed by atoms with Crippen LogP contribution in [0.15, 0.2) is 47.4 Å². The summed E-state index contributed by atoms with van der Waals surface area (Å²) in [5.41, 5.74) is 2.75. The zero-order valence-electron chi connectivity index (χ0n) is 15.9. The van der Waals surface area contributed by atoms with Crippen molar-refractivity contribution in [1.29, 1.82) is 0 Å². The summed E-state index contributed by atoms with van der Waals surface area (Å²) in [5.74, 6) is -0.293. The van der Waals surface area contributed by atoms with Gasteiger partial charge >= 0.3 is 0 Å². The van der Waals surface area contributed by atoms with Gasteiger partial charge in [0, 0.05) is 25.2 Å². The number of aryl methyl sites for hydroxylation is 2. The summed E-state index contributed by atoms with van der Waals surface area (Å²) in [6, 6.07) is 12.7. The second kappa shape index (κ2) is 9.07. The molecule has 3 rings (SSSR count). The first-order valence-corrected chi connectivity index (χ1v) is 11.3. The van der Waals surface area contributed by atoms with Crippen LogP contribution in [0.3, 0.4) is 0 Å². The molecule has 0 radical (unpaired) electrons. The van der Waals surface area contributed by atoms with Crippen molar-refractivity contribution < 1.29 is 13.2 Å². The fraction of sp³-hybridized carbons (Fsp3) is 0.381. The Bertz CT molecular complexity index is 937. The van der Waals surface area contributed by atoms with Crippen LogP contribution in [0, 0.1) is 6.92 Å². The smallest absolute Gasteiger partial charge is 0.251 e. The van der Waals surface area contributed by atoms with Crippen LogP contribution in [0.2, 0.25) is 5.02 Å². The highest BCUT2D eigenvalue weighted by Crippen LogP contribution is 2.28. The van der Waals surface area contributed by atoms with Gasteiger partial charge < -0.3 is 5.32 Å². The van der Waals surface area contributed by atoms with E-state index in [2.05, 4.69) is 29.6 Å². The van der Waals surface area contributed by atoms with Gasteiger partial charge in [0.1, 0.15) is 4.90 Å². The van der Waals surface area contributed by atoms with Crippen molar-refractivity contribution >= 4 is 27.5 Å². The summed E-state index contributed by atoms with van der Waals surface area (Å²) in [6.45, 7) is 3.56. The fourth-order valence-corrected chi connectivity index (χ4v) is 5.28. The summed E-state index contributed by atoms with van der Waals surface area (Å²) >= 11 is 6.13. The molecule has 1 heterocycles. The van der Waals surface area contributed by atoms with Crippen LogP contribution in [0.25, 0.3) is 0 Å². The van der Waals surface area contributed by atoms with E-state index in [1.165, 1.54) is 27.6 Å². The molecule has 1 aliphatic rings. The van der Waals surface area contributed by atoms with E-state index < -0.39 is 10.0 Å². The number of nitrogens with zero attached hydrogens (tertiary/aromatic N) is 1. The Morgan fingerprint density at radius 1 is 1.11 bits per heavy atom. The highest BCUT2D eigenvalue weighted by molar-refractivity contribution is 7.89. The minimum Gasteiger partial charge on any atom is -0.352 e. The molecule has 0 saturated carbocycles. The van der Waals surface area contributed by atoms with Crippen molar-refractivity contribution in [1.82, 2.24) is 9.62 Å². The van der Waals surface area contributed by atoms with E-state index in [1.807, 2.05) is 6.92 Å². The molecule has 0 aromatic heterocycles. The molecule has 1 saturated heterocycles. The monoisotopic (exact) mass is 420 g/mol. The predicted octanol–water partition coefficient (Wildman–Crippen LogP) is 3.80. The number of sulfonamides is 1. The largest absolute Gasteiger partial charge is 0.352 e. The number of carbonyl (C=O) groups is 1. The molecule has 1 amide bonds. The second-order valence-corrected chi connectivity index (χ2v) is 9.42. The number of hydrogen-bond acceptors (Lipinski definition) is 3. The Balaban J connectivity index is 1.61.